The highest BCUT2D eigenvalue weighted by atomic mass is 19.4. The zero-order valence-electron chi connectivity index (χ0n) is 12.0. The number of benzene rings is 1. The van der Waals surface area contributed by atoms with Crippen LogP contribution in [0.1, 0.15) is 31.4 Å². The quantitative estimate of drug-likeness (QED) is 0.736. The first-order valence-corrected chi connectivity index (χ1v) is 7.05. The zero-order valence-corrected chi connectivity index (χ0v) is 12.0. The minimum atomic E-state index is -4.25. The molecule has 1 heterocycles. The molecule has 1 fully saturated rings. The lowest BCUT2D eigenvalue weighted by atomic mass is 9.99. The lowest BCUT2D eigenvalue weighted by Gasteiger charge is -2.24. The zero-order chi connectivity index (χ0) is 14.9. The Morgan fingerprint density at radius 2 is 1.70 bits per heavy atom. The Hall–Kier alpha value is -1.29. The molecule has 1 aliphatic heterocycles. The van der Waals surface area contributed by atoms with Crippen molar-refractivity contribution >= 4 is 5.57 Å². The monoisotopic (exact) mass is 283 g/mol. The Labute approximate surface area is 118 Å². The molecule has 1 aromatic rings. The van der Waals surface area contributed by atoms with Gasteiger partial charge in [-0.2, -0.15) is 13.2 Å². The van der Waals surface area contributed by atoms with Gasteiger partial charge in [0.15, 0.2) is 0 Å². The molecule has 2 unspecified atom stereocenters. The van der Waals surface area contributed by atoms with E-state index in [4.69, 9.17) is 0 Å². The minimum absolute atomic E-state index is 0.381. The lowest BCUT2D eigenvalue weighted by Crippen LogP contribution is -2.27. The maximum atomic E-state index is 12.5. The second-order valence-electron chi connectivity index (χ2n) is 5.15. The van der Waals surface area contributed by atoms with Gasteiger partial charge in [-0.05, 0) is 42.7 Å². The molecule has 2 atom stereocenters. The molecule has 0 aromatic heterocycles. The van der Waals surface area contributed by atoms with Crippen molar-refractivity contribution in [3.8, 4) is 0 Å². The first-order chi connectivity index (χ1) is 9.45. The van der Waals surface area contributed by atoms with E-state index in [2.05, 4.69) is 18.0 Å². The molecule has 1 nitrogen and oxygen atoms in total. The van der Waals surface area contributed by atoms with Crippen molar-refractivity contribution in [3.63, 3.8) is 0 Å². The van der Waals surface area contributed by atoms with Crippen LogP contribution in [-0.2, 0) is 6.18 Å². The largest absolute Gasteiger partial charge is 0.416 e. The SMILES string of the molecule is CC.CN1CC2C=C(c3ccc(C(F)(F)F)cc3)C1C2. The van der Waals surface area contributed by atoms with Crippen molar-refractivity contribution in [2.45, 2.75) is 32.5 Å². The average Bonchev–Trinajstić information content (AvgIpc) is 2.99. The van der Waals surface area contributed by atoms with Gasteiger partial charge in [-0.15, -0.1) is 0 Å². The number of alkyl halides is 3. The number of nitrogens with zero attached hydrogens (tertiary/aromatic N) is 1. The maximum absolute atomic E-state index is 12.5. The van der Waals surface area contributed by atoms with E-state index in [1.54, 1.807) is 12.1 Å². The number of hydrogen-bond donors (Lipinski definition) is 0. The third-order valence-electron chi connectivity index (χ3n) is 3.90. The second kappa shape index (κ2) is 5.60. The van der Waals surface area contributed by atoms with Crippen LogP contribution in [0.3, 0.4) is 0 Å². The van der Waals surface area contributed by atoms with Crippen LogP contribution in [0.25, 0.3) is 5.57 Å². The van der Waals surface area contributed by atoms with Gasteiger partial charge in [-0.1, -0.05) is 32.1 Å². The summed E-state index contributed by atoms with van der Waals surface area (Å²) >= 11 is 0. The van der Waals surface area contributed by atoms with E-state index in [0.29, 0.717) is 12.0 Å². The highest BCUT2D eigenvalue weighted by Gasteiger charge is 2.37. The third kappa shape index (κ3) is 2.75. The van der Waals surface area contributed by atoms with E-state index in [1.165, 1.54) is 17.7 Å². The molecule has 2 aliphatic rings. The van der Waals surface area contributed by atoms with Crippen molar-refractivity contribution in [2.24, 2.45) is 5.92 Å². The van der Waals surface area contributed by atoms with Crippen LogP contribution in [0, 0.1) is 5.92 Å². The minimum Gasteiger partial charge on any atom is -0.299 e. The normalized spacial score (nSPS) is 25.2. The fraction of sp³-hybridized carbons (Fsp3) is 0.500. The van der Waals surface area contributed by atoms with Gasteiger partial charge in [0.1, 0.15) is 0 Å². The number of fused-ring (bicyclic) bond motifs is 2. The van der Waals surface area contributed by atoms with Gasteiger partial charge in [-0.25, -0.2) is 0 Å². The van der Waals surface area contributed by atoms with Gasteiger partial charge in [0, 0.05) is 12.6 Å². The number of likely N-dealkylation sites (N-methyl/N-ethyl adjacent to an activating group) is 1. The van der Waals surface area contributed by atoms with Crippen molar-refractivity contribution in [1.29, 1.82) is 0 Å². The summed E-state index contributed by atoms with van der Waals surface area (Å²) in [6, 6.07) is 5.89. The highest BCUT2D eigenvalue weighted by molar-refractivity contribution is 5.73. The van der Waals surface area contributed by atoms with E-state index in [1.807, 2.05) is 13.8 Å². The molecule has 3 rings (SSSR count). The smallest absolute Gasteiger partial charge is 0.299 e. The first kappa shape index (κ1) is 15.1. The molecule has 1 aliphatic carbocycles. The summed E-state index contributed by atoms with van der Waals surface area (Å²) in [6.07, 6.45) is -0.932. The summed E-state index contributed by atoms with van der Waals surface area (Å²) in [4.78, 5) is 2.28. The lowest BCUT2D eigenvalue weighted by molar-refractivity contribution is -0.137. The van der Waals surface area contributed by atoms with Gasteiger partial charge >= 0.3 is 6.18 Å². The van der Waals surface area contributed by atoms with Crippen LogP contribution in [-0.4, -0.2) is 24.5 Å². The molecule has 0 saturated carbocycles. The van der Waals surface area contributed by atoms with E-state index in [-0.39, 0.29) is 0 Å². The van der Waals surface area contributed by atoms with Crippen molar-refractivity contribution in [2.75, 3.05) is 13.6 Å². The van der Waals surface area contributed by atoms with E-state index < -0.39 is 11.7 Å². The molecular formula is C16H20F3N. The van der Waals surface area contributed by atoms with Crippen LogP contribution in [0.15, 0.2) is 30.3 Å². The third-order valence-corrected chi connectivity index (χ3v) is 3.90. The summed E-state index contributed by atoms with van der Waals surface area (Å²) in [7, 11) is 2.07. The van der Waals surface area contributed by atoms with Crippen molar-refractivity contribution < 1.29 is 13.2 Å². The maximum Gasteiger partial charge on any atom is 0.416 e. The highest BCUT2D eigenvalue weighted by Crippen LogP contribution is 2.41. The molecule has 0 spiro atoms. The summed E-state index contributed by atoms with van der Waals surface area (Å²) in [5.41, 5.74) is 1.52. The number of rotatable bonds is 1. The van der Waals surface area contributed by atoms with Crippen LogP contribution >= 0.6 is 0 Å². The van der Waals surface area contributed by atoms with E-state index >= 15 is 0 Å². The van der Waals surface area contributed by atoms with Crippen LogP contribution in [0.4, 0.5) is 13.2 Å². The Morgan fingerprint density at radius 1 is 1.10 bits per heavy atom. The van der Waals surface area contributed by atoms with E-state index in [0.717, 1.165) is 18.5 Å². The Kier molecular flexibility index (Phi) is 4.23. The molecule has 1 saturated heterocycles. The number of halogens is 3. The molecule has 110 valence electrons. The van der Waals surface area contributed by atoms with Crippen LogP contribution in [0.2, 0.25) is 0 Å². The molecule has 0 amide bonds. The van der Waals surface area contributed by atoms with Gasteiger partial charge in [0.05, 0.1) is 5.56 Å². The van der Waals surface area contributed by atoms with Crippen molar-refractivity contribution in [1.82, 2.24) is 4.90 Å². The number of likely N-dealkylation sites (tertiary alicyclic amines) is 1. The molecule has 4 heteroatoms. The molecule has 1 aromatic carbocycles. The molecule has 0 radical (unpaired) electrons. The Morgan fingerprint density at radius 3 is 2.15 bits per heavy atom. The fourth-order valence-corrected chi connectivity index (χ4v) is 3.03. The summed E-state index contributed by atoms with van der Waals surface area (Å²) in [6.45, 7) is 5.06. The fourth-order valence-electron chi connectivity index (χ4n) is 3.03. The molecule has 0 N–H and O–H groups in total. The summed E-state index contributed by atoms with van der Waals surface area (Å²) in [5.74, 6) is 0.567. The van der Waals surface area contributed by atoms with Gasteiger partial charge in [0.2, 0.25) is 0 Å². The topological polar surface area (TPSA) is 3.24 Å². The first-order valence-electron chi connectivity index (χ1n) is 7.05. The van der Waals surface area contributed by atoms with Gasteiger partial charge in [-0.3, -0.25) is 4.90 Å². The second-order valence-corrected chi connectivity index (χ2v) is 5.15. The summed E-state index contributed by atoms with van der Waals surface area (Å²) < 4.78 is 37.5. The average molecular weight is 283 g/mol. The predicted molar refractivity (Wildman–Crippen MR) is 75.3 cm³/mol. The summed E-state index contributed by atoms with van der Waals surface area (Å²) in [5, 5.41) is 0. The van der Waals surface area contributed by atoms with Crippen molar-refractivity contribution in [3.05, 3.63) is 41.5 Å². The van der Waals surface area contributed by atoms with Gasteiger partial charge in [0.25, 0.3) is 0 Å². The predicted octanol–water partition coefficient (Wildman–Crippen LogP) is 4.45. The molecular weight excluding hydrogens is 263 g/mol. The Bertz CT molecular complexity index is 487. The van der Waals surface area contributed by atoms with Crippen LogP contribution in [0.5, 0.6) is 0 Å². The standard InChI is InChI=1S/C14H14F3N.C2H6/c1-18-8-9-6-12(13(18)7-9)10-2-4-11(5-3-10)14(15,16)17;1-2/h2-6,9,13H,7-8H2,1H3;1-2H3. The van der Waals surface area contributed by atoms with E-state index in [9.17, 15) is 13.2 Å². The number of hydrogen-bond acceptors (Lipinski definition) is 1. The van der Waals surface area contributed by atoms with Crippen LogP contribution < -0.4 is 0 Å². The molecule has 2 bridgehead atoms. The Balaban J connectivity index is 0.000000704. The molecule has 20 heavy (non-hydrogen) atoms. The van der Waals surface area contributed by atoms with Gasteiger partial charge < -0.3 is 0 Å².